The SMILES string of the molecule is Cc1ccc(Cn2cc(C(=O)Nc3c[nH]c(=O)c(-c4cc5cc(OCCCN6CCCCC6)ccc5[nH]4)c3)cn2)cc1. The Kier molecular flexibility index (Phi) is 8.18. The van der Waals surface area contributed by atoms with E-state index in [2.05, 4.69) is 37.4 Å². The molecule has 3 aromatic heterocycles. The lowest BCUT2D eigenvalue weighted by Crippen LogP contribution is -2.31. The highest BCUT2D eigenvalue weighted by Crippen LogP contribution is 2.27. The van der Waals surface area contributed by atoms with Crippen molar-refractivity contribution in [1.29, 1.82) is 0 Å². The third-order valence-electron chi connectivity index (χ3n) is 7.74. The number of likely N-dealkylation sites (tertiary alicyclic amines) is 1. The number of nitrogens with zero attached hydrogens (tertiary/aromatic N) is 3. The van der Waals surface area contributed by atoms with Gasteiger partial charge in [0.2, 0.25) is 0 Å². The number of hydrogen-bond donors (Lipinski definition) is 3. The molecule has 6 rings (SSSR count). The minimum Gasteiger partial charge on any atom is -0.494 e. The molecule has 0 saturated carbocycles. The first-order valence-corrected chi connectivity index (χ1v) is 14.6. The topological polar surface area (TPSA) is 108 Å². The molecule has 0 aliphatic carbocycles. The highest BCUT2D eigenvalue weighted by atomic mass is 16.5. The summed E-state index contributed by atoms with van der Waals surface area (Å²) in [7, 11) is 0. The number of nitrogens with one attached hydrogen (secondary N) is 3. The van der Waals surface area contributed by atoms with Gasteiger partial charge < -0.3 is 24.9 Å². The van der Waals surface area contributed by atoms with Crippen molar-refractivity contribution < 1.29 is 9.53 Å². The molecule has 9 heteroatoms. The number of aryl methyl sites for hydroxylation is 1. The number of pyridine rings is 1. The van der Waals surface area contributed by atoms with Gasteiger partial charge in [0.1, 0.15) is 5.75 Å². The van der Waals surface area contributed by atoms with Crippen LogP contribution in [0.1, 0.15) is 47.2 Å². The Labute approximate surface area is 244 Å². The summed E-state index contributed by atoms with van der Waals surface area (Å²) in [6, 6.07) is 17.7. The van der Waals surface area contributed by atoms with Crippen molar-refractivity contribution in [3.8, 4) is 17.0 Å². The van der Waals surface area contributed by atoms with Crippen LogP contribution in [0.5, 0.6) is 5.75 Å². The summed E-state index contributed by atoms with van der Waals surface area (Å²) in [4.78, 5) is 34.3. The summed E-state index contributed by atoms with van der Waals surface area (Å²) in [5.41, 5.74) is 4.96. The summed E-state index contributed by atoms with van der Waals surface area (Å²) >= 11 is 0. The van der Waals surface area contributed by atoms with Crippen molar-refractivity contribution in [2.75, 3.05) is 31.6 Å². The maximum Gasteiger partial charge on any atom is 0.258 e. The first-order valence-electron chi connectivity index (χ1n) is 14.6. The molecule has 0 atom stereocenters. The Morgan fingerprint density at radius 1 is 1.05 bits per heavy atom. The molecule has 1 saturated heterocycles. The fourth-order valence-corrected chi connectivity index (χ4v) is 5.41. The summed E-state index contributed by atoms with van der Waals surface area (Å²) in [5, 5.41) is 8.16. The van der Waals surface area contributed by atoms with Crippen molar-refractivity contribution in [2.24, 2.45) is 0 Å². The summed E-state index contributed by atoms with van der Waals surface area (Å²) in [6.45, 7) is 6.75. The number of H-pyrrole nitrogens is 2. The minimum atomic E-state index is -0.304. The maximum atomic E-state index is 13.0. The lowest BCUT2D eigenvalue weighted by Gasteiger charge is -2.26. The van der Waals surface area contributed by atoms with E-state index in [9.17, 15) is 9.59 Å². The van der Waals surface area contributed by atoms with Gasteiger partial charge in [-0.1, -0.05) is 36.2 Å². The highest BCUT2D eigenvalue weighted by Gasteiger charge is 2.14. The van der Waals surface area contributed by atoms with Crippen LogP contribution in [0.2, 0.25) is 0 Å². The Balaban J connectivity index is 1.10. The minimum absolute atomic E-state index is 0.250. The molecule has 1 aliphatic rings. The van der Waals surface area contributed by atoms with Crippen LogP contribution in [0.15, 0.2) is 78.0 Å². The van der Waals surface area contributed by atoms with E-state index >= 15 is 0 Å². The molecule has 1 amide bonds. The van der Waals surface area contributed by atoms with E-state index in [-0.39, 0.29) is 11.5 Å². The van der Waals surface area contributed by atoms with E-state index in [0.717, 1.165) is 35.2 Å². The summed E-state index contributed by atoms with van der Waals surface area (Å²) in [5.74, 6) is 0.506. The number of rotatable bonds is 10. The fourth-order valence-electron chi connectivity index (χ4n) is 5.41. The lowest BCUT2D eigenvalue weighted by molar-refractivity contribution is 0.102. The molecule has 3 N–H and O–H groups in total. The predicted molar refractivity (Wildman–Crippen MR) is 165 cm³/mol. The normalized spacial score (nSPS) is 13.8. The molecule has 0 unspecified atom stereocenters. The summed E-state index contributed by atoms with van der Waals surface area (Å²) < 4.78 is 7.76. The molecular weight excluding hydrogens is 528 g/mol. The average Bonchev–Trinajstić information content (AvgIpc) is 3.65. The summed E-state index contributed by atoms with van der Waals surface area (Å²) in [6.07, 6.45) is 9.70. The van der Waals surface area contributed by atoms with Gasteiger partial charge in [-0.3, -0.25) is 14.3 Å². The second-order valence-corrected chi connectivity index (χ2v) is 11.0. The molecule has 42 heavy (non-hydrogen) atoms. The fraction of sp³-hybridized carbons (Fsp3) is 0.303. The van der Waals surface area contributed by atoms with Crippen LogP contribution in [-0.2, 0) is 6.54 Å². The molecular formula is C33H36N6O3. The van der Waals surface area contributed by atoms with Gasteiger partial charge in [-0.2, -0.15) is 5.10 Å². The van der Waals surface area contributed by atoms with Gasteiger partial charge in [-0.15, -0.1) is 0 Å². The lowest BCUT2D eigenvalue weighted by atomic mass is 10.1. The van der Waals surface area contributed by atoms with Crippen molar-refractivity contribution in [2.45, 2.75) is 39.2 Å². The first kappa shape index (κ1) is 27.5. The largest absolute Gasteiger partial charge is 0.494 e. The van der Waals surface area contributed by atoms with Crippen molar-refractivity contribution in [3.05, 3.63) is 100 Å². The van der Waals surface area contributed by atoms with E-state index in [1.807, 2.05) is 43.3 Å². The van der Waals surface area contributed by atoms with Crippen molar-refractivity contribution in [1.82, 2.24) is 24.6 Å². The molecule has 9 nitrogen and oxygen atoms in total. The molecule has 0 bridgehead atoms. The van der Waals surface area contributed by atoms with E-state index in [1.54, 1.807) is 23.1 Å². The van der Waals surface area contributed by atoms with E-state index in [0.29, 0.717) is 35.7 Å². The molecule has 216 valence electrons. The number of fused-ring (bicyclic) bond motifs is 1. The third-order valence-corrected chi connectivity index (χ3v) is 7.74. The Hall–Kier alpha value is -4.63. The molecule has 1 aliphatic heterocycles. The number of carbonyl (C=O) groups is 1. The zero-order valence-corrected chi connectivity index (χ0v) is 23.9. The number of benzene rings is 2. The zero-order valence-electron chi connectivity index (χ0n) is 23.9. The second-order valence-electron chi connectivity index (χ2n) is 11.0. The van der Waals surface area contributed by atoms with Gasteiger partial charge in [0.25, 0.3) is 11.5 Å². The number of piperidine rings is 1. The van der Waals surface area contributed by atoms with Crippen molar-refractivity contribution >= 4 is 22.5 Å². The van der Waals surface area contributed by atoms with E-state index < -0.39 is 0 Å². The molecule has 4 heterocycles. The van der Waals surface area contributed by atoms with Gasteiger partial charge in [0, 0.05) is 29.8 Å². The molecule has 5 aromatic rings. The van der Waals surface area contributed by atoms with E-state index in [4.69, 9.17) is 4.74 Å². The van der Waals surface area contributed by atoms with E-state index in [1.165, 1.54) is 44.1 Å². The van der Waals surface area contributed by atoms with Gasteiger partial charge in [-0.25, -0.2) is 0 Å². The number of amides is 1. The quantitative estimate of drug-likeness (QED) is 0.192. The number of aromatic nitrogens is 4. The van der Waals surface area contributed by atoms with Crippen LogP contribution in [0.25, 0.3) is 22.2 Å². The van der Waals surface area contributed by atoms with Crippen LogP contribution < -0.4 is 15.6 Å². The standard InChI is InChI=1S/C33H36N6O3/c1-23-6-8-24(9-7-23)21-39-22-26(19-35-39)32(40)36-27-18-29(33(41)34-20-27)31-17-25-16-28(10-11-30(25)37-31)42-15-5-14-38-12-3-2-4-13-38/h6-11,16-20,22,37H,2-5,12-15,21H2,1H3,(H,34,41)(H,36,40). The predicted octanol–water partition coefficient (Wildman–Crippen LogP) is 5.58. The van der Waals surface area contributed by atoms with Crippen LogP contribution in [0.4, 0.5) is 5.69 Å². The number of ether oxygens (including phenoxy) is 1. The number of aromatic amines is 2. The van der Waals surface area contributed by atoms with Crippen LogP contribution in [0, 0.1) is 6.92 Å². The Morgan fingerprint density at radius 3 is 2.71 bits per heavy atom. The number of anilines is 1. The van der Waals surface area contributed by atoms with Crippen LogP contribution in [-0.4, -0.2) is 56.8 Å². The number of hydrogen-bond acceptors (Lipinski definition) is 5. The van der Waals surface area contributed by atoms with Gasteiger partial charge in [-0.05, 0) is 75.2 Å². The van der Waals surface area contributed by atoms with Gasteiger partial charge >= 0.3 is 0 Å². The number of carbonyl (C=O) groups excluding carboxylic acids is 1. The molecule has 0 radical (unpaired) electrons. The first-order chi connectivity index (χ1) is 20.5. The van der Waals surface area contributed by atoms with Crippen molar-refractivity contribution in [3.63, 3.8) is 0 Å². The second kappa shape index (κ2) is 12.5. The molecule has 0 spiro atoms. The monoisotopic (exact) mass is 564 g/mol. The average molecular weight is 565 g/mol. The smallest absolute Gasteiger partial charge is 0.258 e. The van der Waals surface area contributed by atoms with Gasteiger partial charge in [0.05, 0.1) is 41.9 Å². The Bertz CT molecular complexity index is 1730. The molecule has 2 aromatic carbocycles. The van der Waals surface area contributed by atoms with Crippen LogP contribution in [0.3, 0.4) is 0 Å². The third kappa shape index (κ3) is 6.63. The van der Waals surface area contributed by atoms with Gasteiger partial charge in [0.15, 0.2) is 0 Å². The van der Waals surface area contributed by atoms with Crippen LogP contribution >= 0.6 is 0 Å². The Morgan fingerprint density at radius 2 is 1.88 bits per heavy atom. The molecule has 1 fully saturated rings. The highest BCUT2D eigenvalue weighted by molar-refractivity contribution is 6.04. The maximum absolute atomic E-state index is 13.0. The zero-order chi connectivity index (χ0) is 28.9.